The summed E-state index contributed by atoms with van der Waals surface area (Å²) >= 11 is 1.17. The van der Waals surface area contributed by atoms with Crippen LogP contribution in [0.5, 0.6) is 0 Å². The summed E-state index contributed by atoms with van der Waals surface area (Å²) in [6.07, 6.45) is 3.43. The van der Waals surface area contributed by atoms with Crippen LogP contribution in [0.2, 0.25) is 0 Å². The van der Waals surface area contributed by atoms with Crippen molar-refractivity contribution in [3.8, 4) is 0 Å². The molecule has 2 aromatic rings. The first kappa shape index (κ1) is 15.7. The molecule has 7 heteroatoms. The molecule has 0 saturated carbocycles. The minimum Gasteiger partial charge on any atom is -0.354 e. The second-order valence-corrected chi connectivity index (χ2v) is 7.71. The summed E-state index contributed by atoms with van der Waals surface area (Å²) in [5.74, 6) is -0.176. The van der Waals surface area contributed by atoms with Gasteiger partial charge in [-0.2, -0.15) is 0 Å². The largest absolute Gasteiger partial charge is 0.354 e. The lowest BCUT2D eigenvalue weighted by Crippen LogP contribution is -2.31. The van der Waals surface area contributed by atoms with Crippen LogP contribution in [0.15, 0.2) is 46.2 Å². The van der Waals surface area contributed by atoms with Gasteiger partial charge in [0.25, 0.3) is 0 Å². The molecule has 0 saturated heterocycles. The van der Waals surface area contributed by atoms with E-state index in [0.717, 1.165) is 0 Å². The summed E-state index contributed by atoms with van der Waals surface area (Å²) in [6.45, 7) is 1.76. The standard InChI is InChI=1S/C14H16N2O3S2/c1-2-13(17)16-10-12(11-5-3-7-15-9-11)21(18,19)14-6-4-8-20-14/h3-9,12H,2,10H2,1H3,(H,16,17)/t12-/m0/s1. The zero-order chi connectivity index (χ0) is 15.3. The molecule has 0 radical (unpaired) electrons. The Morgan fingerprint density at radius 2 is 2.19 bits per heavy atom. The molecule has 0 bridgehead atoms. The highest BCUT2D eigenvalue weighted by Crippen LogP contribution is 2.30. The molecule has 2 aromatic heterocycles. The maximum absolute atomic E-state index is 12.7. The molecular weight excluding hydrogens is 308 g/mol. The van der Waals surface area contributed by atoms with Crippen molar-refractivity contribution in [1.82, 2.24) is 10.3 Å². The second-order valence-electron chi connectivity index (χ2n) is 4.41. The van der Waals surface area contributed by atoms with Crippen LogP contribution in [0.1, 0.15) is 24.2 Å². The van der Waals surface area contributed by atoms with Gasteiger partial charge in [-0.25, -0.2) is 8.42 Å². The monoisotopic (exact) mass is 324 g/mol. The summed E-state index contributed by atoms with van der Waals surface area (Å²) in [7, 11) is -3.55. The quantitative estimate of drug-likeness (QED) is 0.883. The minimum atomic E-state index is -3.55. The summed E-state index contributed by atoms with van der Waals surface area (Å²) in [5.41, 5.74) is 0.572. The molecule has 1 amide bonds. The molecule has 2 heterocycles. The minimum absolute atomic E-state index is 0.0403. The van der Waals surface area contributed by atoms with Crippen molar-refractivity contribution < 1.29 is 13.2 Å². The number of aromatic nitrogens is 1. The molecule has 5 nitrogen and oxygen atoms in total. The van der Waals surface area contributed by atoms with Gasteiger partial charge in [0.2, 0.25) is 5.91 Å². The van der Waals surface area contributed by atoms with Crippen LogP contribution in [-0.4, -0.2) is 25.9 Å². The predicted octanol–water partition coefficient (Wildman–Crippen LogP) is 2.18. The number of hydrogen-bond acceptors (Lipinski definition) is 5. The van der Waals surface area contributed by atoms with Gasteiger partial charge >= 0.3 is 0 Å². The number of nitrogens with zero attached hydrogens (tertiary/aromatic N) is 1. The Labute approximate surface area is 128 Å². The van der Waals surface area contributed by atoms with Crippen LogP contribution in [0.3, 0.4) is 0 Å². The van der Waals surface area contributed by atoms with Gasteiger partial charge in [-0.05, 0) is 23.1 Å². The third-order valence-corrected chi connectivity index (χ3v) is 6.54. The Kier molecular flexibility index (Phi) is 5.08. The first-order valence-corrected chi connectivity index (χ1v) is 8.92. The zero-order valence-corrected chi connectivity index (χ0v) is 13.2. The predicted molar refractivity (Wildman–Crippen MR) is 81.8 cm³/mol. The van der Waals surface area contributed by atoms with Gasteiger partial charge in [0.15, 0.2) is 9.84 Å². The molecule has 21 heavy (non-hydrogen) atoms. The van der Waals surface area contributed by atoms with Crippen molar-refractivity contribution in [2.45, 2.75) is 22.8 Å². The third-order valence-electron chi connectivity index (χ3n) is 3.01. The molecular formula is C14H16N2O3S2. The topological polar surface area (TPSA) is 76.1 Å². The number of carbonyl (C=O) groups excluding carboxylic acids is 1. The Hall–Kier alpha value is -1.73. The van der Waals surface area contributed by atoms with Gasteiger partial charge in [0, 0.05) is 25.4 Å². The van der Waals surface area contributed by atoms with Crippen LogP contribution in [0, 0.1) is 0 Å². The zero-order valence-electron chi connectivity index (χ0n) is 11.5. The summed E-state index contributed by atoms with van der Waals surface area (Å²) in [5, 5.41) is 3.54. The fourth-order valence-corrected chi connectivity index (χ4v) is 4.72. The number of nitrogens with one attached hydrogen (secondary N) is 1. The van der Waals surface area contributed by atoms with Gasteiger partial charge < -0.3 is 5.32 Å². The molecule has 1 N–H and O–H groups in total. The van der Waals surface area contributed by atoms with Crippen molar-refractivity contribution >= 4 is 27.1 Å². The van der Waals surface area contributed by atoms with E-state index in [4.69, 9.17) is 0 Å². The normalized spacial score (nSPS) is 12.8. The molecule has 0 spiro atoms. The van der Waals surface area contributed by atoms with Crippen LogP contribution in [0.25, 0.3) is 0 Å². The lowest BCUT2D eigenvalue weighted by atomic mass is 10.2. The van der Waals surface area contributed by atoms with Crippen LogP contribution in [0.4, 0.5) is 0 Å². The Morgan fingerprint density at radius 1 is 1.38 bits per heavy atom. The van der Waals surface area contributed by atoms with E-state index >= 15 is 0 Å². The highest BCUT2D eigenvalue weighted by Gasteiger charge is 2.30. The summed E-state index contributed by atoms with van der Waals surface area (Å²) < 4.78 is 25.7. The average molecular weight is 324 g/mol. The number of hydrogen-bond donors (Lipinski definition) is 1. The number of amides is 1. The number of pyridine rings is 1. The van der Waals surface area contributed by atoms with E-state index in [0.29, 0.717) is 16.2 Å². The first-order valence-electron chi connectivity index (χ1n) is 6.49. The Morgan fingerprint density at radius 3 is 2.76 bits per heavy atom. The van der Waals surface area contributed by atoms with Crippen molar-refractivity contribution in [2.24, 2.45) is 0 Å². The number of thiophene rings is 1. The number of sulfone groups is 1. The van der Waals surface area contributed by atoms with Crippen LogP contribution in [-0.2, 0) is 14.6 Å². The van der Waals surface area contributed by atoms with Crippen molar-refractivity contribution in [2.75, 3.05) is 6.54 Å². The highest BCUT2D eigenvalue weighted by molar-refractivity contribution is 7.93. The molecule has 0 aromatic carbocycles. The van der Waals surface area contributed by atoms with E-state index in [1.165, 1.54) is 17.5 Å². The third kappa shape index (κ3) is 3.68. The molecule has 0 aliphatic rings. The van der Waals surface area contributed by atoms with E-state index in [2.05, 4.69) is 10.3 Å². The SMILES string of the molecule is CCC(=O)NC[C@@H](c1cccnc1)S(=O)(=O)c1cccs1. The first-order chi connectivity index (χ1) is 10.1. The van der Waals surface area contributed by atoms with E-state index in [9.17, 15) is 13.2 Å². The lowest BCUT2D eigenvalue weighted by Gasteiger charge is -2.17. The second kappa shape index (κ2) is 6.82. The Bertz CT molecular complexity index is 682. The number of rotatable bonds is 6. The van der Waals surface area contributed by atoms with E-state index in [1.807, 2.05) is 0 Å². The smallest absolute Gasteiger partial charge is 0.219 e. The fraction of sp³-hybridized carbons (Fsp3) is 0.286. The van der Waals surface area contributed by atoms with Gasteiger partial charge in [-0.15, -0.1) is 11.3 Å². The van der Waals surface area contributed by atoms with E-state index in [-0.39, 0.29) is 12.5 Å². The van der Waals surface area contributed by atoms with Gasteiger partial charge in [-0.1, -0.05) is 19.1 Å². The van der Waals surface area contributed by atoms with Crippen LogP contribution >= 0.6 is 11.3 Å². The van der Waals surface area contributed by atoms with Crippen molar-refractivity contribution in [3.63, 3.8) is 0 Å². The molecule has 0 fully saturated rings. The summed E-state index contributed by atoms with van der Waals surface area (Å²) in [6, 6.07) is 6.67. The highest BCUT2D eigenvalue weighted by atomic mass is 32.2. The van der Waals surface area contributed by atoms with E-state index < -0.39 is 15.1 Å². The van der Waals surface area contributed by atoms with Crippen molar-refractivity contribution in [3.05, 3.63) is 47.6 Å². The maximum atomic E-state index is 12.7. The molecule has 112 valence electrons. The molecule has 0 aliphatic carbocycles. The van der Waals surface area contributed by atoms with Crippen molar-refractivity contribution in [1.29, 1.82) is 0 Å². The number of carbonyl (C=O) groups is 1. The average Bonchev–Trinajstić information content (AvgIpc) is 3.03. The molecule has 1 atom stereocenters. The Balaban J connectivity index is 2.34. The lowest BCUT2D eigenvalue weighted by molar-refractivity contribution is -0.120. The molecule has 2 rings (SSSR count). The van der Waals surface area contributed by atoms with E-state index in [1.54, 1.807) is 42.8 Å². The fourth-order valence-electron chi connectivity index (χ4n) is 1.87. The molecule has 0 aliphatic heterocycles. The van der Waals surface area contributed by atoms with Gasteiger partial charge in [0.1, 0.15) is 9.46 Å². The van der Waals surface area contributed by atoms with Gasteiger partial charge in [-0.3, -0.25) is 9.78 Å². The van der Waals surface area contributed by atoms with Gasteiger partial charge in [0.05, 0.1) is 0 Å². The maximum Gasteiger partial charge on any atom is 0.219 e. The van der Waals surface area contributed by atoms with Crippen LogP contribution < -0.4 is 5.32 Å². The summed E-state index contributed by atoms with van der Waals surface area (Å²) in [4.78, 5) is 15.4. The molecule has 0 unspecified atom stereocenters.